The van der Waals surface area contributed by atoms with Crippen molar-refractivity contribution < 1.29 is 13.9 Å². The SMILES string of the molecule is CC(C)C(N)=NC(=N)/C=C\C(N)=C(/C(=N)c1ccc(F)cc1F)C(N)=NCCO. The standard InChI is InChI=1S/C19H25F2N7O/c1-10(2)18(25)28-15(23)6-5-14(22)16(19(26)27-7-8-29)17(24)12-4-3-11(20)9-13(12)21/h3-6,9-10,24,29H,7-8,22H2,1-2H3,(H2,26,27)(H3,23,25,28)/b6-5-,16-14-,24-17?. The number of hydrogen-bond donors (Lipinski definition) is 6. The number of rotatable bonds is 8. The Bertz CT molecular complexity index is 902. The highest BCUT2D eigenvalue weighted by Crippen LogP contribution is 2.16. The molecule has 0 unspecified atom stereocenters. The Balaban J connectivity index is 3.40. The van der Waals surface area contributed by atoms with Crippen LogP contribution in [-0.4, -0.2) is 41.5 Å². The maximum Gasteiger partial charge on any atom is 0.146 e. The molecule has 29 heavy (non-hydrogen) atoms. The largest absolute Gasteiger partial charge is 0.398 e. The van der Waals surface area contributed by atoms with Crippen LogP contribution in [0.25, 0.3) is 0 Å². The van der Waals surface area contributed by atoms with Gasteiger partial charge in [0.2, 0.25) is 0 Å². The Kier molecular flexibility index (Phi) is 8.81. The van der Waals surface area contributed by atoms with Gasteiger partial charge < -0.3 is 22.3 Å². The third-order valence-corrected chi connectivity index (χ3v) is 3.64. The van der Waals surface area contributed by atoms with E-state index in [1.807, 2.05) is 13.8 Å². The van der Waals surface area contributed by atoms with E-state index in [1.165, 1.54) is 12.2 Å². The molecule has 9 N–H and O–H groups in total. The van der Waals surface area contributed by atoms with E-state index in [0.29, 0.717) is 6.07 Å². The van der Waals surface area contributed by atoms with Crippen molar-refractivity contribution in [1.82, 2.24) is 0 Å². The first-order valence-electron chi connectivity index (χ1n) is 8.64. The molecule has 0 heterocycles. The van der Waals surface area contributed by atoms with E-state index in [1.54, 1.807) is 0 Å². The molecule has 0 amide bonds. The monoisotopic (exact) mass is 405 g/mol. The van der Waals surface area contributed by atoms with Crippen LogP contribution in [0.1, 0.15) is 19.4 Å². The fourth-order valence-corrected chi connectivity index (χ4v) is 2.05. The summed E-state index contributed by atoms with van der Waals surface area (Å²) in [5.74, 6) is -1.97. The van der Waals surface area contributed by atoms with E-state index < -0.39 is 17.3 Å². The number of aliphatic hydroxyl groups excluding tert-OH is 1. The lowest BCUT2D eigenvalue weighted by atomic mass is 9.99. The van der Waals surface area contributed by atoms with Crippen LogP contribution in [0.3, 0.4) is 0 Å². The van der Waals surface area contributed by atoms with Crippen molar-refractivity contribution >= 4 is 23.2 Å². The second-order valence-corrected chi connectivity index (χ2v) is 6.23. The van der Waals surface area contributed by atoms with E-state index in [9.17, 15) is 8.78 Å². The lowest BCUT2D eigenvalue weighted by Gasteiger charge is -2.12. The molecule has 0 aliphatic heterocycles. The van der Waals surface area contributed by atoms with Gasteiger partial charge in [0.25, 0.3) is 0 Å². The maximum atomic E-state index is 14.1. The zero-order chi connectivity index (χ0) is 22.1. The van der Waals surface area contributed by atoms with Crippen LogP contribution in [0.2, 0.25) is 0 Å². The normalized spacial score (nSPS) is 13.7. The Labute approximate surface area is 167 Å². The molecule has 0 bridgehead atoms. The van der Waals surface area contributed by atoms with E-state index in [-0.39, 0.29) is 53.4 Å². The predicted octanol–water partition coefficient (Wildman–Crippen LogP) is 1.44. The van der Waals surface area contributed by atoms with Crippen LogP contribution in [0.15, 0.2) is 51.6 Å². The van der Waals surface area contributed by atoms with E-state index in [4.69, 9.17) is 33.1 Å². The van der Waals surface area contributed by atoms with E-state index >= 15 is 0 Å². The lowest BCUT2D eigenvalue weighted by molar-refractivity contribution is 0.307. The number of amidine groups is 3. The number of nitrogens with two attached hydrogens (primary N) is 3. The summed E-state index contributed by atoms with van der Waals surface area (Å²) in [6.07, 6.45) is 2.49. The summed E-state index contributed by atoms with van der Waals surface area (Å²) in [4.78, 5) is 7.78. The molecule has 0 spiro atoms. The van der Waals surface area contributed by atoms with Crippen LogP contribution in [0, 0.1) is 28.4 Å². The highest BCUT2D eigenvalue weighted by Gasteiger charge is 2.19. The second-order valence-electron chi connectivity index (χ2n) is 6.23. The van der Waals surface area contributed by atoms with Crippen molar-refractivity contribution in [3.8, 4) is 0 Å². The average Bonchev–Trinajstić information content (AvgIpc) is 2.64. The van der Waals surface area contributed by atoms with E-state index in [0.717, 1.165) is 12.1 Å². The molecule has 0 atom stereocenters. The molecule has 1 aromatic carbocycles. The summed E-state index contributed by atoms with van der Waals surface area (Å²) in [5, 5.41) is 25.0. The summed E-state index contributed by atoms with van der Waals surface area (Å²) in [5.41, 5.74) is 16.7. The van der Waals surface area contributed by atoms with Gasteiger partial charge in [0.05, 0.1) is 24.4 Å². The number of nitrogens with one attached hydrogen (secondary N) is 2. The van der Waals surface area contributed by atoms with Gasteiger partial charge in [-0.25, -0.2) is 13.8 Å². The van der Waals surface area contributed by atoms with Crippen LogP contribution >= 0.6 is 0 Å². The predicted molar refractivity (Wildman–Crippen MR) is 111 cm³/mol. The molecule has 0 saturated heterocycles. The van der Waals surface area contributed by atoms with Crippen molar-refractivity contribution in [3.63, 3.8) is 0 Å². The van der Waals surface area contributed by atoms with Crippen molar-refractivity contribution in [2.45, 2.75) is 13.8 Å². The minimum Gasteiger partial charge on any atom is -0.398 e. The Morgan fingerprint density at radius 1 is 1.17 bits per heavy atom. The minimum absolute atomic E-state index is 0.0527. The van der Waals surface area contributed by atoms with Gasteiger partial charge in [0, 0.05) is 23.2 Å². The van der Waals surface area contributed by atoms with Crippen molar-refractivity contribution in [2.24, 2.45) is 33.1 Å². The fourth-order valence-electron chi connectivity index (χ4n) is 2.05. The number of halogens is 2. The number of hydrogen-bond acceptors (Lipinski definition) is 5. The third-order valence-electron chi connectivity index (χ3n) is 3.64. The van der Waals surface area contributed by atoms with Gasteiger partial charge in [-0.2, -0.15) is 0 Å². The van der Waals surface area contributed by atoms with Gasteiger partial charge in [-0.15, -0.1) is 0 Å². The minimum atomic E-state index is -0.971. The van der Waals surface area contributed by atoms with Crippen molar-refractivity contribution in [1.29, 1.82) is 10.8 Å². The van der Waals surface area contributed by atoms with Gasteiger partial charge in [-0.1, -0.05) is 13.8 Å². The summed E-state index contributed by atoms with van der Waals surface area (Å²) in [6, 6.07) is 2.71. The summed E-state index contributed by atoms with van der Waals surface area (Å²) in [6.45, 7) is 3.28. The van der Waals surface area contributed by atoms with Gasteiger partial charge in [-0.05, 0) is 24.3 Å². The van der Waals surface area contributed by atoms with Crippen molar-refractivity contribution in [2.75, 3.05) is 13.2 Å². The molecule has 8 nitrogen and oxygen atoms in total. The van der Waals surface area contributed by atoms with Gasteiger partial charge in [0.1, 0.15) is 29.1 Å². The highest BCUT2D eigenvalue weighted by atomic mass is 19.1. The van der Waals surface area contributed by atoms with Crippen LogP contribution < -0.4 is 17.2 Å². The fraction of sp³-hybridized carbons (Fsp3) is 0.263. The van der Waals surface area contributed by atoms with Crippen LogP contribution in [0.5, 0.6) is 0 Å². The first-order chi connectivity index (χ1) is 13.6. The molecule has 1 rings (SSSR count). The summed E-state index contributed by atoms with van der Waals surface area (Å²) < 4.78 is 27.3. The smallest absolute Gasteiger partial charge is 0.146 e. The second kappa shape index (κ2) is 10.8. The molecular formula is C19H25F2N7O. The number of allylic oxidation sites excluding steroid dienone is 1. The van der Waals surface area contributed by atoms with Gasteiger partial charge in [0.15, 0.2) is 0 Å². The van der Waals surface area contributed by atoms with Crippen LogP contribution in [0.4, 0.5) is 8.78 Å². The number of benzene rings is 1. The number of aliphatic hydroxyl groups is 1. The lowest BCUT2D eigenvalue weighted by Crippen LogP contribution is -2.26. The Morgan fingerprint density at radius 2 is 1.83 bits per heavy atom. The number of nitrogens with zero attached hydrogens (tertiary/aromatic N) is 2. The molecule has 156 valence electrons. The topological polar surface area (TPSA) is 171 Å². The molecule has 0 aliphatic carbocycles. The molecule has 10 heteroatoms. The molecule has 0 aliphatic rings. The zero-order valence-electron chi connectivity index (χ0n) is 16.2. The summed E-state index contributed by atoms with van der Waals surface area (Å²) in [7, 11) is 0. The molecule has 0 fully saturated rings. The van der Waals surface area contributed by atoms with Crippen molar-refractivity contribution in [3.05, 3.63) is 58.8 Å². The van der Waals surface area contributed by atoms with Gasteiger partial charge >= 0.3 is 0 Å². The average molecular weight is 405 g/mol. The highest BCUT2D eigenvalue weighted by molar-refractivity contribution is 6.28. The van der Waals surface area contributed by atoms with Gasteiger partial charge in [-0.3, -0.25) is 15.8 Å². The molecular weight excluding hydrogens is 380 g/mol. The third kappa shape index (κ3) is 6.92. The zero-order valence-corrected chi connectivity index (χ0v) is 16.2. The molecule has 1 aromatic rings. The first-order valence-corrected chi connectivity index (χ1v) is 8.64. The first kappa shape index (κ1) is 23.6. The quantitative estimate of drug-likeness (QED) is 0.218. The molecule has 0 aromatic heterocycles. The Hall–Kier alpha value is -3.40. The maximum absolute atomic E-state index is 14.1. The van der Waals surface area contributed by atoms with E-state index in [2.05, 4.69) is 9.98 Å². The Morgan fingerprint density at radius 3 is 2.38 bits per heavy atom. The number of aliphatic imine (C=N–C) groups is 2. The molecule has 0 saturated carbocycles. The molecule has 0 radical (unpaired) electrons. The van der Waals surface area contributed by atoms with Crippen LogP contribution in [-0.2, 0) is 0 Å². The summed E-state index contributed by atoms with van der Waals surface area (Å²) >= 11 is 0.